The van der Waals surface area contributed by atoms with Crippen molar-refractivity contribution in [2.24, 2.45) is 17.3 Å². The molecule has 2 fully saturated rings. The van der Waals surface area contributed by atoms with Crippen molar-refractivity contribution >= 4 is 12.0 Å². The smallest absolute Gasteiger partial charge is 0.317 e. The van der Waals surface area contributed by atoms with E-state index in [1.807, 2.05) is 4.90 Å². The largest absolute Gasteiger partial charge is 0.481 e. The minimum atomic E-state index is -0.719. The molecule has 2 N–H and O–H groups in total. The molecule has 0 spiro atoms. The van der Waals surface area contributed by atoms with Gasteiger partial charge in [0.05, 0.1) is 5.92 Å². The summed E-state index contributed by atoms with van der Waals surface area (Å²) in [7, 11) is 0. The Morgan fingerprint density at radius 1 is 1.29 bits per heavy atom. The molecule has 2 unspecified atom stereocenters. The highest BCUT2D eigenvalue weighted by atomic mass is 16.4. The average molecular weight is 296 g/mol. The van der Waals surface area contributed by atoms with E-state index in [1.165, 1.54) is 0 Å². The summed E-state index contributed by atoms with van der Waals surface area (Å²) in [6, 6.07) is -0.0187. The lowest BCUT2D eigenvalue weighted by molar-refractivity contribution is -0.142. The summed E-state index contributed by atoms with van der Waals surface area (Å²) in [5, 5.41) is 12.1. The van der Waals surface area contributed by atoms with Gasteiger partial charge in [0.15, 0.2) is 0 Å². The Morgan fingerprint density at radius 3 is 2.57 bits per heavy atom. The minimum absolute atomic E-state index is 0.0187. The summed E-state index contributed by atoms with van der Waals surface area (Å²) in [6.07, 6.45) is 5.90. The van der Waals surface area contributed by atoms with E-state index < -0.39 is 5.97 Å². The van der Waals surface area contributed by atoms with Crippen LogP contribution in [0.5, 0.6) is 0 Å². The molecule has 1 saturated carbocycles. The quantitative estimate of drug-likeness (QED) is 0.819. The summed E-state index contributed by atoms with van der Waals surface area (Å²) in [6.45, 7) is 6.54. The number of carboxylic acid groups (broad SMARTS) is 1. The van der Waals surface area contributed by atoms with Gasteiger partial charge in [0, 0.05) is 19.6 Å². The van der Waals surface area contributed by atoms with Gasteiger partial charge in [-0.25, -0.2) is 4.79 Å². The third-order valence-corrected chi connectivity index (χ3v) is 5.72. The number of carbonyl (C=O) groups is 2. The topological polar surface area (TPSA) is 69.6 Å². The van der Waals surface area contributed by atoms with Crippen LogP contribution in [0.25, 0.3) is 0 Å². The Kier molecular flexibility index (Phi) is 5.12. The molecule has 1 aliphatic carbocycles. The van der Waals surface area contributed by atoms with E-state index in [0.29, 0.717) is 6.54 Å². The number of hydrogen-bond acceptors (Lipinski definition) is 2. The van der Waals surface area contributed by atoms with Crippen LogP contribution in [-0.4, -0.2) is 41.6 Å². The number of carboxylic acids is 1. The third kappa shape index (κ3) is 3.50. The number of nitrogens with one attached hydrogen (secondary N) is 1. The molecule has 2 atom stereocenters. The molecule has 5 heteroatoms. The van der Waals surface area contributed by atoms with Gasteiger partial charge in [0.1, 0.15) is 0 Å². The van der Waals surface area contributed by atoms with Gasteiger partial charge in [-0.3, -0.25) is 4.79 Å². The van der Waals surface area contributed by atoms with E-state index in [4.69, 9.17) is 5.11 Å². The average Bonchev–Trinajstić information content (AvgIpc) is 3.12. The van der Waals surface area contributed by atoms with Crippen LogP contribution in [0, 0.1) is 17.3 Å². The van der Waals surface area contributed by atoms with Gasteiger partial charge in [-0.2, -0.15) is 0 Å². The fraction of sp³-hybridized carbons (Fsp3) is 0.875. The second-order valence-corrected chi connectivity index (χ2v) is 6.70. The van der Waals surface area contributed by atoms with Gasteiger partial charge in [-0.15, -0.1) is 0 Å². The fourth-order valence-electron chi connectivity index (χ4n) is 3.87. The molecular formula is C16H28N2O3. The molecule has 2 aliphatic rings. The Hall–Kier alpha value is -1.26. The number of carbonyl (C=O) groups excluding carboxylic acids is 1. The van der Waals surface area contributed by atoms with Gasteiger partial charge in [0.2, 0.25) is 0 Å². The standard InChI is InChI=1S/C16H28N2O3/c1-3-16(4-2)8-9-18(11-16)15(21)17-10-12-6-5-7-13(12)14(19)20/h12-13H,3-11H2,1-2H3,(H,17,21)(H,19,20). The van der Waals surface area contributed by atoms with E-state index >= 15 is 0 Å². The first-order valence-corrected chi connectivity index (χ1v) is 8.27. The highest BCUT2D eigenvalue weighted by molar-refractivity contribution is 5.75. The van der Waals surface area contributed by atoms with E-state index in [2.05, 4.69) is 19.2 Å². The second kappa shape index (κ2) is 6.67. The summed E-state index contributed by atoms with van der Waals surface area (Å²) in [5.74, 6) is -0.908. The molecule has 120 valence electrons. The van der Waals surface area contributed by atoms with E-state index in [1.54, 1.807) is 0 Å². The molecule has 0 bridgehead atoms. The lowest BCUT2D eigenvalue weighted by atomic mass is 9.82. The summed E-state index contributed by atoms with van der Waals surface area (Å²) in [5.41, 5.74) is 0.286. The third-order valence-electron chi connectivity index (χ3n) is 5.72. The van der Waals surface area contributed by atoms with Crippen LogP contribution in [0.3, 0.4) is 0 Å². The molecule has 1 heterocycles. The molecule has 21 heavy (non-hydrogen) atoms. The van der Waals surface area contributed by atoms with Crippen molar-refractivity contribution in [3.63, 3.8) is 0 Å². The lowest BCUT2D eigenvalue weighted by Gasteiger charge is -2.26. The maximum atomic E-state index is 12.3. The van der Waals surface area contributed by atoms with Crippen molar-refractivity contribution < 1.29 is 14.7 Å². The molecular weight excluding hydrogens is 268 g/mol. The Labute approximate surface area is 127 Å². The number of urea groups is 1. The Balaban J connectivity index is 1.82. The summed E-state index contributed by atoms with van der Waals surface area (Å²) >= 11 is 0. The zero-order chi connectivity index (χ0) is 15.5. The molecule has 0 radical (unpaired) electrons. The molecule has 2 rings (SSSR count). The van der Waals surface area contributed by atoms with Gasteiger partial charge in [0.25, 0.3) is 0 Å². The normalized spacial score (nSPS) is 27.8. The van der Waals surface area contributed by atoms with Crippen molar-refractivity contribution in [1.82, 2.24) is 10.2 Å². The van der Waals surface area contributed by atoms with Gasteiger partial charge in [-0.05, 0) is 43.4 Å². The first-order valence-electron chi connectivity index (χ1n) is 8.27. The predicted molar refractivity (Wildman–Crippen MR) is 81.1 cm³/mol. The number of rotatable bonds is 5. The minimum Gasteiger partial charge on any atom is -0.481 e. The van der Waals surface area contributed by atoms with Crippen LogP contribution in [0.1, 0.15) is 52.4 Å². The summed E-state index contributed by atoms with van der Waals surface area (Å²) < 4.78 is 0. The van der Waals surface area contributed by atoms with E-state index in [-0.39, 0.29) is 23.3 Å². The SMILES string of the molecule is CCC1(CC)CCN(C(=O)NCC2CCCC2C(=O)O)C1. The zero-order valence-electron chi connectivity index (χ0n) is 13.2. The Morgan fingerprint density at radius 2 is 2.00 bits per heavy atom. The number of likely N-dealkylation sites (tertiary alicyclic amines) is 1. The second-order valence-electron chi connectivity index (χ2n) is 6.70. The van der Waals surface area contributed by atoms with Crippen molar-refractivity contribution in [2.75, 3.05) is 19.6 Å². The highest BCUT2D eigenvalue weighted by Gasteiger charge is 2.38. The lowest BCUT2D eigenvalue weighted by Crippen LogP contribution is -2.42. The van der Waals surface area contributed by atoms with Crippen molar-refractivity contribution in [1.29, 1.82) is 0 Å². The van der Waals surface area contributed by atoms with Crippen molar-refractivity contribution in [3.05, 3.63) is 0 Å². The van der Waals surface area contributed by atoms with E-state index in [0.717, 1.165) is 51.6 Å². The molecule has 0 aromatic rings. The first kappa shape index (κ1) is 16.1. The van der Waals surface area contributed by atoms with Crippen LogP contribution in [0.4, 0.5) is 4.79 Å². The van der Waals surface area contributed by atoms with Crippen LogP contribution < -0.4 is 5.32 Å². The van der Waals surface area contributed by atoms with Gasteiger partial charge >= 0.3 is 12.0 Å². The molecule has 0 aromatic heterocycles. The van der Waals surface area contributed by atoms with Gasteiger partial charge < -0.3 is 15.3 Å². The number of aliphatic carboxylic acids is 1. The fourth-order valence-corrected chi connectivity index (χ4v) is 3.87. The molecule has 0 aromatic carbocycles. The molecule has 2 amide bonds. The van der Waals surface area contributed by atoms with E-state index in [9.17, 15) is 9.59 Å². The Bertz CT molecular complexity index is 393. The van der Waals surface area contributed by atoms with Crippen LogP contribution in [0.2, 0.25) is 0 Å². The highest BCUT2D eigenvalue weighted by Crippen LogP contribution is 2.37. The summed E-state index contributed by atoms with van der Waals surface area (Å²) in [4.78, 5) is 25.3. The number of nitrogens with zero attached hydrogens (tertiary/aromatic N) is 1. The maximum absolute atomic E-state index is 12.3. The van der Waals surface area contributed by atoms with Crippen LogP contribution in [-0.2, 0) is 4.79 Å². The molecule has 1 aliphatic heterocycles. The van der Waals surface area contributed by atoms with Crippen LogP contribution >= 0.6 is 0 Å². The molecule has 1 saturated heterocycles. The van der Waals surface area contributed by atoms with Crippen molar-refractivity contribution in [2.45, 2.75) is 52.4 Å². The molecule has 5 nitrogen and oxygen atoms in total. The maximum Gasteiger partial charge on any atom is 0.317 e. The number of amides is 2. The predicted octanol–water partition coefficient (Wildman–Crippen LogP) is 2.71. The number of hydrogen-bond donors (Lipinski definition) is 2. The monoisotopic (exact) mass is 296 g/mol. The van der Waals surface area contributed by atoms with Gasteiger partial charge in [-0.1, -0.05) is 20.3 Å². The zero-order valence-corrected chi connectivity index (χ0v) is 13.2. The van der Waals surface area contributed by atoms with Crippen LogP contribution in [0.15, 0.2) is 0 Å². The first-order chi connectivity index (χ1) is 10.0. The van der Waals surface area contributed by atoms with Crippen molar-refractivity contribution in [3.8, 4) is 0 Å².